The predicted molar refractivity (Wildman–Crippen MR) is 105 cm³/mol. The van der Waals surface area contributed by atoms with E-state index in [9.17, 15) is 9.59 Å². The topological polar surface area (TPSA) is 59.1 Å². The number of halogens is 1. The normalized spacial score (nSPS) is 28.6. The third-order valence-electron chi connectivity index (χ3n) is 5.80. The molecule has 0 aliphatic carbocycles. The maximum atomic E-state index is 13.1. The second kappa shape index (κ2) is 6.96. The van der Waals surface area contributed by atoms with E-state index >= 15 is 0 Å². The number of likely N-dealkylation sites (N-methyl/N-ethyl adjacent to an activating group) is 1. The van der Waals surface area contributed by atoms with Gasteiger partial charge < -0.3 is 9.80 Å². The summed E-state index contributed by atoms with van der Waals surface area (Å²) in [5.41, 5.74) is 2.07. The number of fused-ring (bicyclic) bond motifs is 3. The Morgan fingerprint density at radius 2 is 2.04 bits per heavy atom. The highest BCUT2D eigenvalue weighted by Gasteiger charge is 2.55. The average Bonchev–Trinajstić information content (AvgIpc) is 3.05. The van der Waals surface area contributed by atoms with E-state index in [1.807, 2.05) is 26.0 Å². The molecule has 1 aromatic rings. The van der Waals surface area contributed by atoms with E-state index in [2.05, 4.69) is 21.2 Å². The van der Waals surface area contributed by atoms with Crippen LogP contribution in [-0.4, -0.2) is 71.8 Å². The number of nitrogens with zero attached hydrogens (tertiary/aromatic N) is 4. The van der Waals surface area contributed by atoms with Gasteiger partial charge in [-0.05, 0) is 37.5 Å². The summed E-state index contributed by atoms with van der Waals surface area (Å²) >= 11 is 6.34. The van der Waals surface area contributed by atoms with Crippen LogP contribution in [0.15, 0.2) is 18.2 Å². The molecule has 27 heavy (non-hydrogen) atoms. The predicted octanol–water partition coefficient (Wildman–Crippen LogP) is 2.05. The van der Waals surface area contributed by atoms with Crippen molar-refractivity contribution in [2.24, 2.45) is 0 Å². The van der Waals surface area contributed by atoms with Crippen molar-refractivity contribution >= 4 is 29.2 Å². The molecule has 3 unspecified atom stereocenters. The van der Waals surface area contributed by atoms with Crippen LogP contribution in [0.2, 0.25) is 5.02 Å². The fourth-order valence-corrected chi connectivity index (χ4v) is 4.55. The van der Waals surface area contributed by atoms with Gasteiger partial charge >= 0.3 is 6.03 Å². The van der Waals surface area contributed by atoms with Crippen LogP contribution in [0.3, 0.4) is 0 Å². The molecule has 4 rings (SSSR count). The average molecular weight is 392 g/mol. The van der Waals surface area contributed by atoms with Crippen molar-refractivity contribution in [1.82, 2.24) is 20.0 Å². The number of nitrogens with one attached hydrogen (secondary N) is 1. The molecule has 3 saturated heterocycles. The van der Waals surface area contributed by atoms with Crippen molar-refractivity contribution in [3.8, 4) is 0 Å². The lowest BCUT2D eigenvalue weighted by molar-refractivity contribution is -0.138. The van der Waals surface area contributed by atoms with E-state index < -0.39 is 0 Å². The molecule has 7 nitrogen and oxygen atoms in total. The zero-order chi connectivity index (χ0) is 19.3. The molecule has 0 aromatic heterocycles. The molecule has 0 radical (unpaired) electrons. The summed E-state index contributed by atoms with van der Waals surface area (Å²) in [4.78, 5) is 33.2. The van der Waals surface area contributed by atoms with Crippen LogP contribution in [0.5, 0.6) is 0 Å². The molecule has 146 valence electrons. The molecule has 3 atom stereocenters. The summed E-state index contributed by atoms with van der Waals surface area (Å²) in [6.45, 7) is 6.12. The van der Waals surface area contributed by atoms with Crippen molar-refractivity contribution in [2.75, 3.05) is 31.6 Å². The minimum atomic E-state index is -0.354. The molecule has 1 N–H and O–H groups in total. The van der Waals surface area contributed by atoms with Crippen molar-refractivity contribution in [3.05, 3.63) is 28.8 Å². The number of imide groups is 1. The van der Waals surface area contributed by atoms with E-state index in [-0.39, 0.29) is 30.4 Å². The Hall–Kier alpha value is -1.83. The lowest BCUT2D eigenvalue weighted by Crippen LogP contribution is -2.66. The summed E-state index contributed by atoms with van der Waals surface area (Å²) < 4.78 is 0. The van der Waals surface area contributed by atoms with E-state index in [1.54, 1.807) is 11.9 Å². The highest BCUT2D eigenvalue weighted by Crippen LogP contribution is 2.34. The second-order valence-corrected chi connectivity index (χ2v) is 7.94. The first-order chi connectivity index (χ1) is 12.9. The number of urea groups is 1. The van der Waals surface area contributed by atoms with Crippen LogP contribution in [-0.2, 0) is 4.79 Å². The van der Waals surface area contributed by atoms with Gasteiger partial charge in [-0.15, -0.1) is 0 Å². The molecule has 8 heteroatoms. The number of rotatable bonds is 3. The Labute approximate surface area is 164 Å². The molecule has 3 fully saturated rings. The van der Waals surface area contributed by atoms with Crippen molar-refractivity contribution in [3.63, 3.8) is 0 Å². The van der Waals surface area contributed by atoms with E-state index in [4.69, 9.17) is 11.6 Å². The second-order valence-electron chi connectivity index (χ2n) is 7.53. The largest absolute Gasteiger partial charge is 0.343 e. The number of anilines is 1. The zero-order valence-corrected chi connectivity index (χ0v) is 16.7. The van der Waals surface area contributed by atoms with Gasteiger partial charge in [0.15, 0.2) is 0 Å². The number of aryl methyl sites for hydroxylation is 1. The molecule has 1 aromatic carbocycles. The number of carbonyl (C=O) groups excluding carboxylic acids is 2. The summed E-state index contributed by atoms with van der Waals surface area (Å²) in [6.07, 6.45) is 1.26. The van der Waals surface area contributed by atoms with Gasteiger partial charge in [-0.25, -0.2) is 4.79 Å². The molecule has 3 aliphatic rings. The molecule has 0 spiro atoms. The zero-order valence-electron chi connectivity index (χ0n) is 16.0. The van der Waals surface area contributed by atoms with Gasteiger partial charge in [0.2, 0.25) is 0 Å². The number of hydrogen-bond donors (Lipinski definition) is 1. The number of amides is 3. The van der Waals surface area contributed by atoms with Gasteiger partial charge in [-0.2, -0.15) is 0 Å². The van der Waals surface area contributed by atoms with Crippen molar-refractivity contribution in [1.29, 1.82) is 0 Å². The standard InChI is InChI=1S/C19H26ClN5O2/c1-4-8-25-17(26)15-16(22(3)19(25)27)21-18-23(9-5-10-24(15)18)13-7-6-12(2)14(20)11-13/h6-7,11,15-16,18,21H,4-5,8-10H2,1-3H3. The summed E-state index contributed by atoms with van der Waals surface area (Å²) in [7, 11) is 1.77. The molecular formula is C19H26ClN5O2. The third-order valence-corrected chi connectivity index (χ3v) is 6.21. The highest BCUT2D eigenvalue weighted by atomic mass is 35.5. The Bertz CT molecular complexity index is 772. The number of hydrogen-bond acceptors (Lipinski definition) is 5. The lowest BCUT2D eigenvalue weighted by Gasteiger charge is -2.43. The number of carbonyl (C=O) groups is 2. The quantitative estimate of drug-likeness (QED) is 0.854. The Morgan fingerprint density at radius 1 is 1.26 bits per heavy atom. The highest BCUT2D eigenvalue weighted by molar-refractivity contribution is 6.31. The SMILES string of the molecule is CCCN1C(=O)C2C(NC3N(c4ccc(C)c(Cl)c4)CCCN23)N(C)C1=O. The molecular weight excluding hydrogens is 366 g/mol. The van der Waals surface area contributed by atoms with Crippen LogP contribution < -0.4 is 10.2 Å². The first-order valence-electron chi connectivity index (χ1n) is 9.56. The van der Waals surface area contributed by atoms with Gasteiger partial charge in [0.1, 0.15) is 18.5 Å². The van der Waals surface area contributed by atoms with Gasteiger partial charge in [-0.1, -0.05) is 24.6 Å². The van der Waals surface area contributed by atoms with Crippen LogP contribution in [0.25, 0.3) is 0 Å². The first-order valence-corrected chi connectivity index (χ1v) is 9.94. The maximum absolute atomic E-state index is 13.1. The molecule has 0 saturated carbocycles. The lowest BCUT2D eigenvalue weighted by atomic mass is 10.1. The van der Waals surface area contributed by atoms with Gasteiger partial charge in [0, 0.05) is 37.4 Å². The first kappa shape index (κ1) is 18.5. The fraction of sp³-hybridized carbons (Fsp3) is 0.579. The van der Waals surface area contributed by atoms with Crippen LogP contribution in [0.1, 0.15) is 25.3 Å². The molecule has 3 heterocycles. The monoisotopic (exact) mass is 391 g/mol. The van der Waals surface area contributed by atoms with Crippen LogP contribution in [0, 0.1) is 6.92 Å². The van der Waals surface area contributed by atoms with Crippen LogP contribution >= 0.6 is 11.6 Å². The van der Waals surface area contributed by atoms with Crippen molar-refractivity contribution < 1.29 is 9.59 Å². The Balaban J connectivity index is 1.66. The maximum Gasteiger partial charge on any atom is 0.327 e. The van der Waals surface area contributed by atoms with Gasteiger partial charge in [0.25, 0.3) is 5.91 Å². The van der Waals surface area contributed by atoms with Gasteiger partial charge in [-0.3, -0.25) is 19.9 Å². The Kier molecular flexibility index (Phi) is 4.78. The minimum absolute atomic E-state index is 0.0938. The summed E-state index contributed by atoms with van der Waals surface area (Å²) in [5.74, 6) is -0.0938. The summed E-state index contributed by atoms with van der Waals surface area (Å²) in [5, 5.41) is 4.25. The number of benzene rings is 1. The van der Waals surface area contributed by atoms with E-state index in [1.165, 1.54) is 4.90 Å². The minimum Gasteiger partial charge on any atom is -0.343 e. The summed E-state index contributed by atoms with van der Waals surface area (Å²) in [6, 6.07) is 5.48. The van der Waals surface area contributed by atoms with Crippen molar-refractivity contribution in [2.45, 2.75) is 45.2 Å². The third kappa shape index (κ3) is 2.88. The Morgan fingerprint density at radius 3 is 2.74 bits per heavy atom. The smallest absolute Gasteiger partial charge is 0.327 e. The molecule has 0 bridgehead atoms. The van der Waals surface area contributed by atoms with Gasteiger partial charge in [0.05, 0.1) is 0 Å². The molecule has 3 amide bonds. The van der Waals surface area contributed by atoms with E-state index in [0.717, 1.165) is 42.2 Å². The van der Waals surface area contributed by atoms with E-state index in [0.29, 0.717) is 6.54 Å². The fourth-order valence-electron chi connectivity index (χ4n) is 4.37. The molecule has 3 aliphatic heterocycles. The van der Waals surface area contributed by atoms with Crippen LogP contribution in [0.4, 0.5) is 10.5 Å².